The van der Waals surface area contributed by atoms with E-state index < -0.39 is 0 Å². The summed E-state index contributed by atoms with van der Waals surface area (Å²) in [7, 11) is 1.62. The van der Waals surface area contributed by atoms with Gasteiger partial charge in [-0.15, -0.1) is 6.42 Å². The zero-order chi connectivity index (χ0) is 16.2. The molecule has 4 heteroatoms. The Hall–Kier alpha value is -2.80. The molecule has 0 unspecified atom stereocenters. The maximum Gasteiger partial charge on any atom is 0.156 e. The number of benzene rings is 1. The molecule has 0 spiro atoms. The van der Waals surface area contributed by atoms with Crippen molar-refractivity contribution in [2.45, 2.75) is 26.2 Å². The highest BCUT2D eigenvalue weighted by Crippen LogP contribution is 2.32. The Balaban J connectivity index is 2.17. The fourth-order valence-electron chi connectivity index (χ4n) is 2.78. The summed E-state index contributed by atoms with van der Waals surface area (Å²) in [5.41, 5.74) is 5.76. The van der Waals surface area contributed by atoms with Crippen molar-refractivity contribution in [2.24, 2.45) is 0 Å². The highest BCUT2D eigenvalue weighted by atomic mass is 16.5. The molecule has 1 N–H and O–H groups in total. The number of fused-ring (bicyclic) bond motifs is 1. The van der Waals surface area contributed by atoms with Crippen LogP contribution in [0.2, 0.25) is 0 Å². The number of terminal acetylenes is 1. The van der Waals surface area contributed by atoms with Gasteiger partial charge < -0.3 is 9.72 Å². The summed E-state index contributed by atoms with van der Waals surface area (Å²) in [4.78, 5) is 12.3. The lowest BCUT2D eigenvalue weighted by Crippen LogP contribution is -1.92. The van der Waals surface area contributed by atoms with Crippen molar-refractivity contribution in [1.29, 1.82) is 0 Å². The molecule has 116 valence electrons. The van der Waals surface area contributed by atoms with E-state index in [9.17, 15) is 0 Å². The number of nitrogens with zero attached hydrogens (tertiary/aromatic N) is 2. The largest absolute Gasteiger partial charge is 0.495 e. The fraction of sp³-hybridized carbons (Fsp3) is 0.263. The summed E-state index contributed by atoms with van der Waals surface area (Å²) in [6.45, 7) is 2.18. The zero-order valence-corrected chi connectivity index (χ0v) is 13.4. The SMILES string of the molecule is C#Cc1cc(-c2[nH]c3nccnc3c2CCCC)ccc1OC. The molecule has 0 aliphatic carbocycles. The van der Waals surface area contributed by atoms with Crippen LogP contribution in [0.4, 0.5) is 0 Å². The van der Waals surface area contributed by atoms with Crippen LogP contribution in [-0.2, 0) is 6.42 Å². The number of methoxy groups -OCH3 is 1. The Labute approximate surface area is 135 Å². The number of ether oxygens (including phenoxy) is 1. The van der Waals surface area contributed by atoms with Crippen LogP contribution in [0.15, 0.2) is 30.6 Å². The molecule has 0 saturated carbocycles. The topological polar surface area (TPSA) is 50.8 Å². The minimum atomic E-state index is 0.707. The molecule has 3 rings (SSSR count). The number of nitrogens with one attached hydrogen (secondary N) is 1. The number of aromatic amines is 1. The highest BCUT2D eigenvalue weighted by Gasteiger charge is 2.15. The van der Waals surface area contributed by atoms with E-state index in [4.69, 9.17) is 11.2 Å². The quantitative estimate of drug-likeness (QED) is 0.726. The second-order valence-electron chi connectivity index (χ2n) is 5.40. The molecule has 2 aromatic heterocycles. The second-order valence-corrected chi connectivity index (χ2v) is 5.40. The maximum absolute atomic E-state index is 5.60. The highest BCUT2D eigenvalue weighted by molar-refractivity contribution is 5.85. The lowest BCUT2D eigenvalue weighted by atomic mass is 10.0. The molecule has 0 radical (unpaired) electrons. The third kappa shape index (κ3) is 2.78. The van der Waals surface area contributed by atoms with Gasteiger partial charge >= 0.3 is 0 Å². The summed E-state index contributed by atoms with van der Waals surface area (Å²) in [6.07, 6.45) is 12.2. The standard InChI is InChI=1S/C19H19N3O/c1-4-6-7-15-17(22-19-18(15)20-10-11-21-19)14-8-9-16(23-3)13(5-2)12-14/h2,8-12H,4,6-7H2,1,3H3,(H,21,22). The third-order valence-corrected chi connectivity index (χ3v) is 3.95. The third-order valence-electron chi connectivity index (χ3n) is 3.95. The lowest BCUT2D eigenvalue weighted by molar-refractivity contribution is 0.413. The van der Waals surface area contributed by atoms with Crippen LogP contribution in [-0.4, -0.2) is 22.1 Å². The van der Waals surface area contributed by atoms with Gasteiger partial charge in [-0.25, -0.2) is 4.98 Å². The van der Waals surface area contributed by atoms with Gasteiger partial charge in [-0.3, -0.25) is 4.98 Å². The number of hydrogen-bond donors (Lipinski definition) is 1. The number of hydrogen-bond acceptors (Lipinski definition) is 3. The summed E-state index contributed by atoms with van der Waals surface area (Å²) in [6, 6.07) is 5.89. The maximum atomic E-state index is 5.60. The predicted octanol–water partition coefficient (Wildman–Crippen LogP) is 3.96. The first-order chi connectivity index (χ1) is 11.3. The minimum Gasteiger partial charge on any atom is -0.495 e. The van der Waals surface area contributed by atoms with Gasteiger partial charge in [0.05, 0.1) is 18.4 Å². The molecular formula is C19H19N3O. The van der Waals surface area contributed by atoms with E-state index in [1.54, 1.807) is 19.5 Å². The number of aryl methyl sites for hydroxylation is 1. The predicted molar refractivity (Wildman–Crippen MR) is 92.4 cm³/mol. The molecule has 2 heterocycles. The summed E-state index contributed by atoms with van der Waals surface area (Å²) < 4.78 is 5.30. The van der Waals surface area contributed by atoms with Crippen molar-refractivity contribution >= 4 is 11.2 Å². The monoisotopic (exact) mass is 305 g/mol. The smallest absolute Gasteiger partial charge is 0.156 e. The molecule has 1 aromatic carbocycles. The number of rotatable bonds is 5. The van der Waals surface area contributed by atoms with Crippen LogP contribution in [0, 0.1) is 12.3 Å². The molecule has 0 aliphatic heterocycles. The number of aromatic nitrogens is 3. The van der Waals surface area contributed by atoms with Crippen molar-refractivity contribution < 1.29 is 4.74 Å². The number of unbranched alkanes of at least 4 members (excludes halogenated alkanes) is 1. The van der Waals surface area contributed by atoms with E-state index in [0.717, 1.165) is 47.2 Å². The van der Waals surface area contributed by atoms with Gasteiger partial charge in [-0.05, 0) is 36.6 Å². The Morgan fingerprint density at radius 1 is 1.26 bits per heavy atom. The van der Waals surface area contributed by atoms with Crippen LogP contribution >= 0.6 is 0 Å². The zero-order valence-electron chi connectivity index (χ0n) is 13.4. The average molecular weight is 305 g/mol. The van der Waals surface area contributed by atoms with Gasteiger partial charge in [-0.1, -0.05) is 19.3 Å². The lowest BCUT2D eigenvalue weighted by Gasteiger charge is -2.08. The van der Waals surface area contributed by atoms with Crippen LogP contribution < -0.4 is 4.74 Å². The minimum absolute atomic E-state index is 0.707. The van der Waals surface area contributed by atoms with Crippen molar-refractivity contribution in [3.8, 4) is 29.4 Å². The molecule has 4 nitrogen and oxygen atoms in total. The molecule has 0 amide bonds. The van der Waals surface area contributed by atoms with Crippen molar-refractivity contribution in [3.63, 3.8) is 0 Å². The van der Waals surface area contributed by atoms with Crippen LogP contribution in [0.3, 0.4) is 0 Å². The molecule has 3 aromatic rings. The first-order valence-corrected chi connectivity index (χ1v) is 7.75. The summed E-state index contributed by atoms with van der Waals surface area (Å²) in [5.74, 6) is 3.39. The van der Waals surface area contributed by atoms with Gasteiger partial charge in [0.15, 0.2) is 5.65 Å². The number of H-pyrrole nitrogens is 1. The van der Waals surface area contributed by atoms with E-state index in [2.05, 4.69) is 27.8 Å². The van der Waals surface area contributed by atoms with Crippen LogP contribution in [0.25, 0.3) is 22.4 Å². The Bertz CT molecular complexity index is 874. The van der Waals surface area contributed by atoms with E-state index in [0.29, 0.717) is 5.75 Å². The fourth-order valence-corrected chi connectivity index (χ4v) is 2.78. The summed E-state index contributed by atoms with van der Waals surface area (Å²) >= 11 is 0. The van der Waals surface area contributed by atoms with E-state index in [1.807, 2.05) is 18.2 Å². The van der Waals surface area contributed by atoms with E-state index in [-0.39, 0.29) is 0 Å². The van der Waals surface area contributed by atoms with Gasteiger partial charge in [0.25, 0.3) is 0 Å². The van der Waals surface area contributed by atoms with E-state index in [1.165, 1.54) is 5.56 Å². The van der Waals surface area contributed by atoms with Gasteiger partial charge in [0.2, 0.25) is 0 Å². The van der Waals surface area contributed by atoms with Gasteiger partial charge in [0.1, 0.15) is 11.3 Å². The second kappa shape index (κ2) is 6.53. The molecule has 0 fully saturated rings. The Kier molecular flexibility index (Phi) is 4.29. The van der Waals surface area contributed by atoms with E-state index >= 15 is 0 Å². The van der Waals surface area contributed by atoms with Gasteiger partial charge in [0, 0.05) is 18.0 Å². The first-order valence-electron chi connectivity index (χ1n) is 7.75. The van der Waals surface area contributed by atoms with Crippen molar-refractivity contribution in [2.75, 3.05) is 7.11 Å². The van der Waals surface area contributed by atoms with Crippen molar-refractivity contribution in [3.05, 3.63) is 41.7 Å². The molecule has 0 aliphatic rings. The first kappa shape index (κ1) is 15.1. The molecular weight excluding hydrogens is 286 g/mol. The van der Waals surface area contributed by atoms with Crippen LogP contribution in [0.1, 0.15) is 30.9 Å². The molecule has 0 atom stereocenters. The van der Waals surface area contributed by atoms with Crippen LogP contribution in [0.5, 0.6) is 5.75 Å². The van der Waals surface area contributed by atoms with Gasteiger partial charge in [-0.2, -0.15) is 0 Å². The Morgan fingerprint density at radius 2 is 2.09 bits per heavy atom. The van der Waals surface area contributed by atoms with Crippen molar-refractivity contribution in [1.82, 2.24) is 15.0 Å². The molecule has 0 bridgehead atoms. The summed E-state index contributed by atoms with van der Waals surface area (Å²) in [5, 5.41) is 0. The Morgan fingerprint density at radius 3 is 2.83 bits per heavy atom. The average Bonchev–Trinajstić information content (AvgIpc) is 2.97. The molecule has 23 heavy (non-hydrogen) atoms. The normalized spacial score (nSPS) is 10.7. The molecule has 0 saturated heterocycles.